The Bertz CT molecular complexity index is 1040. The second-order valence-corrected chi connectivity index (χ2v) is 9.57. The van der Waals surface area contributed by atoms with Crippen LogP contribution in [0.4, 0.5) is 0 Å². The third-order valence-corrected chi connectivity index (χ3v) is 6.86. The van der Waals surface area contributed by atoms with Crippen molar-refractivity contribution in [1.82, 2.24) is 25.5 Å². The number of rotatable bonds is 12. The van der Waals surface area contributed by atoms with Crippen LogP contribution in [-0.2, 0) is 20.2 Å². The van der Waals surface area contributed by atoms with Gasteiger partial charge >= 0.3 is 0 Å². The Morgan fingerprint density at radius 2 is 1.94 bits per heavy atom. The standard InChI is InChI=1S/C21H24BrCl2N5O2S/c1-3-30-19-9-15(12-25-7-4-8-32-21-26-27-28-29(21)2)17(22)11-20(19)31-13-14-5-6-16(23)10-18(14)24/h5-6,9-11,25H,3-4,7-8,12-13H2,1-2H3. The molecule has 11 heteroatoms. The van der Waals surface area contributed by atoms with Gasteiger partial charge in [-0.15, -0.1) is 5.10 Å². The van der Waals surface area contributed by atoms with E-state index in [4.69, 9.17) is 32.7 Å². The molecule has 0 spiro atoms. The topological polar surface area (TPSA) is 74.1 Å². The van der Waals surface area contributed by atoms with E-state index in [1.54, 1.807) is 28.6 Å². The fourth-order valence-corrected chi connectivity index (χ4v) is 4.53. The van der Waals surface area contributed by atoms with Gasteiger partial charge in [0.2, 0.25) is 5.16 Å². The van der Waals surface area contributed by atoms with Crippen LogP contribution in [0, 0.1) is 0 Å². The molecule has 1 aromatic heterocycles. The molecule has 0 aliphatic heterocycles. The minimum absolute atomic E-state index is 0.318. The maximum atomic E-state index is 6.26. The maximum Gasteiger partial charge on any atom is 0.209 e. The number of nitrogens with one attached hydrogen (secondary N) is 1. The molecule has 0 aliphatic carbocycles. The Morgan fingerprint density at radius 3 is 2.66 bits per heavy atom. The molecule has 7 nitrogen and oxygen atoms in total. The van der Waals surface area contributed by atoms with E-state index in [2.05, 4.69) is 36.8 Å². The molecule has 3 aromatic rings. The molecule has 1 heterocycles. The minimum Gasteiger partial charge on any atom is -0.490 e. The lowest BCUT2D eigenvalue weighted by Crippen LogP contribution is -2.16. The monoisotopic (exact) mass is 559 g/mol. The predicted molar refractivity (Wildman–Crippen MR) is 132 cm³/mol. The number of nitrogens with zero attached hydrogens (tertiary/aromatic N) is 4. The molecule has 0 aliphatic rings. The molecule has 0 amide bonds. The first-order valence-corrected chi connectivity index (χ1v) is 12.6. The van der Waals surface area contributed by atoms with Gasteiger partial charge in [-0.05, 0) is 60.1 Å². The number of hydrogen-bond donors (Lipinski definition) is 1. The highest BCUT2D eigenvalue weighted by Gasteiger charge is 2.12. The Hall–Kier alpha value is -1.52. The van der Waals surface area contributed by atoms with E-state index in [-0.39, 0.29) is 0 Å². The van der Waals surface area contributed by atoms with Crippen molar-refractivity contribution in [3.05, 3.63) is 56.0 Å². The smallest absolute Gasteiger partial charge is 0.209 e. The largest absolute Gasteiger partial charge is 0.490 e. The number of tetrazole rings is 1. The van der Waals surface area contributed by atoms with E-state index in [0.29, 0.717) is 41.3 Å². The summed E-state index contributed by atoms with van der Waals surface area (Å²) in [5.74, 6) is 2.29. The SMILES string of the molecule is CCOc1cc(CNCCCSc2nnnn2C)c(Br)cc1OCc1ccc(Cl)cc1Cl. The van der Waals surface area contributed by atoms with Crippen LogP contribution in [0.1, 0.15) is 24.5 Å². The molecular weight excluding hydrogens is 537 g/mol. The number of aryl methyl sites for hydroxylation is 1. The Morgan fingerprint density at radius 1 is 1.12 bits per heavy atom. The van der Waals surface area contributed by atoms with E-state index < -0.39 is 0 Å². The fraction of sp³-hybridized carbons (Fsp3) is 0.381. The average Bonchev–Trinajstić information content (AvgIpc) is 3.17. The van der Waals surface area contributed by atoms with E-state index in [0.717, 1.165) is 39.5 Å². The van der Waals surface area contributed by atoms with Crippen molar-refractivity contribution >= 4 is 50.9 Å². The van der Waals surface area contributed by atoms with Crippen molar-refractivity contribution in [1.29, 1.82) is 0 Å². The van der Waals surface area contributed by atoms with Crippen LogP contribution in [0.3, 0.4) is 0 Å². The number of benzene rings is 2. The van der Waals surface area contributed by atoms with Crippen molar-refractivity contribution in [2.45, 2.75) is 31.7 Å². The van der Waals surface area contributed by atoms with Gasteiger partial charge in [-0.3, -0.25) is 0 Å². The van der Waals surface area contributed by atoms with Crippen LogP contribution in [0.2, 0.25) is 10.0 Å². The zero-order valence-corrected chi connectivity index (χ0v) is 21.7. The lowest BCUT2D eigenvalue weighted by molar-refractivity contribution is 0.269. The van der Waals surface area contributed by atoms with Crippen molar-refractivity contribution in [3.63, 3.8) is 0 Å². The van der Waals surface area contributed by atoms with Gasteiger partial charge in [0.05, 0.1) is 6.61 Å². The number of aromatic nitrogens is 4. The number of hydrogen-bond acceptors (Lipinski definition) is 7. The first-order valence-electron chi connectivity index (χ1n) is 10.1. The lowest BCUT2D eigenvalue weighted by Gasteiger charge is -2.16. The molecule has 0 bridgehead atoms. The van der Waals surface area contributed by atoms with Crippen molar-refractivity contribution in [2.75, 3.05) is 18.9 Å². The van der Waals surface area contributed by atoms with Gasteiger partial charge in [0, 0.05) is 39.4 Å². The summed E-state index contributed by atoms with van der Waals surface area (Å²) >= 11 is 17.5. The van der Waals surface area contributed by atoms with Gasteiger partial charge in [0.1, 0.15) is 6.61 Å². The van der Waals surface area contributed by atoms with Gasteiger partial charge in [-0.1, -0.05) is 57.0 Å². The van der Waals surface area contributed by atoms with Crippen LogP contribution in [0.15, 0.2) is 40.0 Å². The predicted octanol–water partition coefficient (Wildman–Crippen LogP) is 5.53. The van der Waals surface area contributed by atoms with Gasteiger partial charge < -0.3 is 14.8 Å². The summed E-state index contributed by atoms with van der Waals surface area (Å²) in [7, 11) is 1.84. The highest BCUT2D eigenvalue weighted by molar-refractivity contribution is 9.10. The first kappa shape index (κ1) is 25.1. The summed E-state index contributed by atoms with van der Waals surface area (Å²) in [5.41, 5.74) is 1.95. The van der Waals surface area contributed by atoms with Gasteiger partial charge in [0.15, 0.2) is 11.5 Å². The normalized spacial score (nSPS) is 11.0. The molecule has 32 heavy (non-hydrogen) atoms. The second kappa shape index (κ2) is 12.6. The minimum atomic E-state index is 0.318. The molecule has 2 aromatic carbocycles. The summed E-state index contributed by atoms with van der Waals surface area (Å²) in [6.45, 7) is 4.39. The molecule has 0 radical (unpaired) electrons. The summed E-state index contributed by atoms with van der Waals surface area (Å²) in [5, 5.41) is 16.9. The Kier molecular flexibility index (Phi) is 9.92. The summed E-state index contributed by atoms with van der Waals surface area (Å²) in [4.78, 5) is 0. The van der Waals surface area contributed by atoms with Crippen molar-refractivity contribution in [3.8, 4) is 11.5 Å². The van der Waals surface area contributed by atoms with Gasteiger partial charge in [-0.2, -0.15) is 0 Å². The van der Waals surface area contributed by atoms with Gasteiger partial charge in [0.25, 0.3) is 0 Å². The third-order valence-electron chi connectivity index (χ3n) is 4.44. The van der Waals surface area contributed by atoms with Crippen LogP contribution in [-0.4, -0.2) is 39.1 Å². The van der Waals surface area contributed by atoms with Crippen LogP contribution >= 0.6 is 50.9 Å². The summed E-state index contributed by atoms with van der Waals surface area (Å²) in [6.07, 6.45) is 0.997. The Balaban J connectivity index is 1.54. The average molecular weight is 561 g/mol. The lowest BCUT2D eigenvalue weighted by atomic mass is 10.2. The molecule has 3 rings (SSSR count). The summed E-state index contributed by atoms with van der Waals surface area (Å²) in [6, 6.07) is 9.29. The Labute approximate surface area is 210 Å². The number of ether oxygens (including phenoxy) is 2. The first-order chi connectivity index (χ1) is 15.5. The number of halogens is 3. The molecular formula is C21H24BrCl2N5O2S. The van der Waals surface area contributed by atoms with Crippen LogP contribution in [0.25, 0.3) is 0 Å². The zero-order valence-electron chi connectivity index (χ0n) is 17.8. The van der Waals surface area contributed by atoms with E-state index in [1.807, 2.05) is 32.2 Å². The van der Waals surface area contributed by atoms with Gasteiger partial charge in [-0.25, -0.2) is 4.68 Å². The van der Waals surface area contributed by atoms with E-state index >= 15 is 0 Å². The molecule has 0 atom stereocenters. The summed E-state index contributed by atoms with van der Waals surface area (Å²) < 4.78 is 14.5. The molecule has 0 fully saturated rings. The third kappa shape index (κ3) is 7.25. The molecule has 1 N–H and O–H groups in total. The molecule has 172 valence electrons. The van der Waals surface area contributed by atoms with Crippen LogP contribution < -0.4 is 14.8 Å². The molecule has 0 unspecified atom stereocenters. The highest BCUT2D eigenvalue weighted by atomic mass is 79.9. The van der Waals surface area contributed by atoms with E-state index in [1.165, 1.54) is 0 Å². The second-order valence-electron chi connectivity index (χ2n) is 6.81. The van der Waals surface area contributed by atoms with Crippen molar-refractivity contribution in [2.24, 2.45) is 7.05 Å². The quantitative estimate of drug-likeness (QED) is 0.230. The fourth-order valence-electron chi connectivity index (χ4n) is 2.82. The maximum absolute atomic E-state index is 6.26. The van der Waals surface area contributed by atoms with E-state index in [9.17, 15) is 0 Å². The molecule has 0 saturated heterocycles. The highest BCUT2D eigenvalue weighted by Crippen LogP contribution is 2.35. The zero-order chi connectivity index (χ0) is 22.9. The number of thioether (sulfide) groups is 1. The van der Waals surface area contributed by atoms with Crippen molar-refractivity contribution < 1.29 is 9.47 Å². The molecule has 0 saturated carbocycles. The van der Waals surface area contributed by atoms with Crippen LogP contribution in [0.5, 0.6) is 11.5 Å².